The Balaban J connectivity index is 2.52. The molecule has 0 saturated carbocycles. The second-order valence-corrected chi connectivity index (χ2v) is 4.63. The SMILES string of the molecule is CC(CCN(C)C)Nc1cc(N)cc(Cl)n1. The summed E-state index contributed by atoms with van der Waals surface area (Å²) in [5, 5.41) is 3.70. The molecule has 3 N–H and O–H groups in total. The summed E-state index contributed by atoms with van der Waals surface area (Å²) in [7, 11) is 4.12. The van der Waals surface area contributed by atoms with Crippen LogP contribution in [0.3, 0.4) is 0 Å². The zero-order chi connectivity index (χ0) is 12.1. The summed E-state index contributed by atoms with van der Waals surface area (Å²) in [4.78, 5) is 6.31. The molecule has 1 unspecified atom stereocenters. The third-order valence-corrected chi connectivity index (χ3v) is 2.41. The predicted octanol–water partition coefficient (Wildman–Crippen LogP) is 2.07. The van der Waals surface area contributed by atoms with Crippen molar-refractivity contribution in [1.29, 1.82) is 0 Å². The van der Waals surface area contributed by atoms with Gasteiger partial charge in [0.25, 0.3) is 0 Å². The second kappa shape index (κ2) is 5.92. The molecule has 0 aliphatic rings. The Morgan fingerprint density at radius 2 is 2.19 bits per heavy atom. The monoisotopic (exact) mass is 242 g/mol. The molecular formula is C11H19ClN4. The summed E-state index contributed by atoms with van der Waals surface area (Å²) < 4.78 is 0. The number of nitrogens with one attached hydrogen (secondary N) is 1. The van der Waals surface area contributed by atoms with Crippen molar-refractivity contribution in [1.82, 2.24) is 9.88 Å². The lowest BCUT2D eigenvalue weighted by atomic mass is 10.2. The van der Waals surface area contributed by atoms with Gasteiger partial charge in [-0.1, -0.05) is 11.6 Å². The van der Waals surface area contributed by atoms with E-state index in [0.717, 1.165) is 18.8 Å². The molecule has 1 aromatic heterocycles. The van der Waals surface area contributed by atoms with E-state index in [4.69, 9.17) is 17.3 Å². The van der Waals surface area contributed by atoms with Gasteiger partial charge in [0.1, 0.15) is 11.0 Å². The van der Waals surface area contributed by atoms with Crippen LogP contribution in [0.15, 0.2) is 12.1 Å². The van der Waals surface area contributed by atoms with E-state index >= 15 is 0 Å². The molecule has 5 heteroatoms. The fraction of sp³-hybridized carbons (Fsp3) is 0.545. The molecule has 1 aromatic rings. The largest absolute Gasteiger partial charge is 0.399 e. The van der Waals surface area contributed by atoms with Crippen molar-refractivity contribution in [3.8, 4) is 0 Å². The van der Waals surface area contributed by atoms with Crippen molar-refractivity contribution in [3.05, 3.63) is 17.3 Å². The van der Waals surface area contributed by atoms with Gasteiger partial charge in [-0.05, 0) is 40.1 Å². The van der Waals surface area contributed by atoms with E-state index in [1.807, 2.05) is 0 Å². The van der Waals surface area contributed by atoms with Crippen molar-refractivity contribution in [3.63, 3.8) is 0 Å². The molecule has 0 spiro atoms. The first-order valence-corrected chi connectivity index (χ1v) is 5.69. The lowest BCUT2D eigenvalue weighted by Crippen LogP contribution is -2.23. The van der Waals surface area contributed by atoms with E-state index in [0.29, 0.717) is 16.9 Å². The Labute approximate surface area is 102 Å². The Morgan fingerprint density at radius 1 is 1.50 bits per heavy atom. The highest BCUT2D eigenvalue weighted by molar-refractivity contribution is 6.29. The minimum absolute atomic E-state index is 0.341. The van der Waals surface area contributed by atoms with Crippen molar-refractivity contribution >= 4 is 23.1 Å². The summed E-state index contributed by atoms with van der Waals surface area (Å²) in [5.74, 6) is 0.733. The van der Waals surface area contributed by atoms with Crippen LogP contribution in [0.1, 0.15) is 13.3 Å². The van der Waals surface area contributed by atoms with Gasteiger partial charge in [-0.2, -0.15) is 0 Å². The lowest BCUT2D eigenvalue weighted by Gasteiger charge is -2.17. The third kappa shape index (κ3) is 4.68. The fourth-order valence-electron chi connectivity index (χ4n) is 1.37. The first-order valence-electron chi connectivity index (χ1n) is 5.31. The molecule has 0 radical (unpaired) electrons. The van der Waals surface area contributed by atoms with Crippen LogP contribution in [0.5, 0.6) is 0 Å². The number of nitrogens with two attached hydrogens (primary N) is 1. The van der Waals surface area contributed by atoms with E-state index in [1.54, 1.807) is 12.1 Å². The maximum Gasteiger partial charge on any atom is 0.133 e. The maximum absolute atomic E-state index is 5.82. The molecular weight excluding hydrogens is 224 g/mol. The van der Waals surface area contributed by atoms with Crippen LogP contribution in [-0.2, 0) is 0 Å². The van der Waals surface area contributed by atoms with Crippen LogP contribution < -0.4 is 11.1 Å². The molecule has 0 amide bonds. The first-order chi connectivity index (χ1) is 7.47. The summed E-state index contributed by atoms with van der Waals surface area (Å²) in [5.41, 5.74) is 6.31. The van der Waals surface area contributed by atoms with Gasteiger partial charge in [-0.25, -0.2) is 4.98 Å². The summed E-state index contributed by atoms with van der Waals surface area (Å²) in [6, 6.07) is 3.77. The molecule has 1 heterocycles. The minimum atomic E-state index is 0.341. The Hall–Kier alpha value is -1.00. The molecule has 0 aliphatic carbocycles. The van der Waals surface area contributed by atoms with E-state index in [-0.39, 0.29) is 0 Å². The first kappa shape index (κ1) is 13.1. The van der Waals surface area contributed by atoms with Crippen molar-refractivity contribution in [2.45, 2.75) is 19.4 Å². The average molecular weight is 243 g/mol. The van der Waals surface area contributed by atoms with Crippen LogP contribution in [-0.4, -0.2) is 36.6 Å². The van der Waals surface area contributed by atoms with E-state index in [9.17, 15) is 0 Å². The van der Waals surface area contributed by atoms with Crippen molar-refractivity contribution in [2.75, 3.05) is 31.7 Å². The molecule has 1 atom stereocenters. The van der Waals surface area contributed by atoms with Gasteiger partial charge in [0.2, 0.25) is 0 Å². The van der Waals surface area contributed by atoms with Crippen LogP contribution in [0.4, 0.5) is 11.5 Å². The van der Waals surface area contributed by atoms with Gasteiger partial charge < -0.3 is 16.0 Å². The van der Waals surface area contributed by atoms with Crippen molar-refractivity contribution in [2.24, 2.45) is 0 Å². The molecule has 4 nitrogen and oxygen atoms in total. The molecule has 0 aliphatic heterocycles. The number of nitrogen functional groups attached to an aromatic ring is 1. The van der Waals surface area contributed by atoms with Crippen LogP contribution in [0.2, 0.25) is 5.15 Å². The number of anilines is 2. The molecule has 0 saturated heterocycles. The number of aromatic nitrogens is 1. The highest BCUT2D eigenvalue weighted by Crippen LogP contribution is 2.16. The zero-order valence-corrected chi connectivity index (χ0v) is 10.8. The topological polar surface area (TPSA) is 54.2 Å². The van der Waals surface area contributed by atoms with Gasteiger partial charge in [-0.3, -0.25) is 0 Å². The molecule has 1 rings (SSSR count). The van der Waals surface area contributed by atoms with Crippen molar-refractivity contribution < 1.29 is 0 Å². The molecule has 0 aromatic carbocycles. The summed E-state index contributed by atoms with van der Waals surface area (Å²) in [6.45, 7) is 3.15. The van der Waals surface area contributed by atoms with Crippen LogP contribution >= 0.6 is 11.6 Å². The second-order valence-electron chi connectivity index (χ2n) is 4.25. The quantitative estimate of drug-likeness (QED) is 0.777. The van der Waals surface area contributed by atoms with Crippen LogP contribution in [0, 0.1) is 0 Å². The molecule has 90 valence electrons. The average Bonchev–Trinajstić information content (AvgIpc) is 2.12. The van der Waals surface area contributed by atoms with Gasteiger partial charge in [0.05, 0.1) is 0 Å². The Kier molecular flexibility index (Phi) is 4.83. The zero-order valence-electron chi connectivity index (χ0n) is 10.00. The Morgan fingerprint density at radius 3 is 2.75 bits per heavy atom. The number of nitrogens with zero attached hydrogens (tertiary/aromatic N) is 2. The Bertz CT molecular complexity index is 321. The van der Waals surface area contributed by atoms with E-state index < -0.39 is 0 Å². The smallest absolute Gasteiger partial charge is 0.133 e. The molecule has 16 heavy (non-hydrogen) atoms. The number of rotatable bonds is 5. The number of pyridine rings is 1. The minimum Gasteiger partial charge on any atom is -0.399 e. The van der Waals surface area contributed by atoms with Gasteiger partial charge in [-0.15, -0.1) is 0 Å². The van der Waals surface area contributed by atoms with Gasteiger partial charge in [0.15, 0.2) is 0 Å². The van der Waals surface area contributed by atoms with Gasteiger partial charge in [0, 0.05) is 17.8 Å². The highest BCUT2D eigenvalue weighted by atomic mass is 35.5. The summed E-state index contributed by atoms with van der Waals surface area (Å²) >= 11 is 5.82. The fourth-order valence-corrected chi connectivity index (χ4v) is 1.58. The molecule has 0 fully saturated rings. The maximum atomic E-state index is 5.82. The number of hydrogen-bond acceptors (Lipinski definition) is 4. The standard InChI is InChI=1S/C11H19ClN4/c1-8(4-5-16(2)3)14-11-7-9(13)6-10(12)15-11/h6-8H,4-5H2,1-3H3,(H3,13,14,15). The van der Waals surface area contributed by atoms with Gasteiger partial charge >= 0.3 is 0 Å². The van der Waals surface area contributed by atoms with E-state index in [1.165, 1.54) is 0 Å². The highest BCUT2D eigenvalue weighted by Gasteiger charge is 2.05. The molecule has 0 bridgehead atoms. The normalized spacial score (nSPS) is 12.8. The predicted molar refractivity (Wildman–Crippen MR) is 69.9 cm³/mol. The third-order valence-electron chi connectivity index (χ3n) is 2.22. The summed E-state index contributed by atoms with van der Waals surface area (Å²) in [6.07, 6.45) is 1.04. The number of hydrogen-bond donors (Lipinski definition) is 2. The van der Waals surface area contributed by atoms with Crippen LogP contribution in [0.25, 0.3) is 0 Å². The lowest BCUT2D eigenvalue weighted by molar-refractivity contribution is 0.390. The van der Waals surface area contributed by atoms with E-state index in [2.05, 4.69) is 36.2 Å². The number of halogens is 1.